The number of carbonyl (C=O) groups excluding carboxylic acids is 1. The molecule has 0 bridgehead atoms. The van der Waals surface area contributed by atoms with Crippen molar-refractivity contribution in [3.63, 3.8) is 0 Å². The van der Waals surface area contributed by atoms with Gasteiger partial charge in [0.15, 0.2) is 0 Å². The van der Waals surface area contributed by atoms with Crippen LogP contribution in [0.25, 0.3) is 0 Å². The highest BCUT2D eigenvalue weighted by Gasteiger charge is 2.19. The quantitative estimate of drug-likeness (QED) is 0.442. The SMILES string of the molecule is CC(C)(C)OC(=O)CN(CCc1ccc(N[SH](=O)=O)cc1)Cc1ncc[nH]1. The van der Waals surface area contributed by atoms with Gasteiger partial charge in [-0.25, -0.2) is 13.4 Å². The van der Waals surface area contributed by atoms with Gasteiger partial charge in [0.05, 0.1) is 13.1 Å². The van der Waals surface area contributed by atoms with Crippen LogP contribution in [0.3, 0.4) is 0 Å². The average Bonchev–Trinajstić information content (AvgIpc) is 3.04. The molecule has 0 amide bonds. The molecule has 0 fully saturated rings. The van der Waals surface area contributed by atoms with Crippen molar-refractivity contribution in [2.45, 2.75) is 39.3 Å². The highest BCUT2D eigenvalue weighted by atomic mass is 32.2. The summed E-state index contributed by atoms with van der Waals surface area (Å²) in [5, 5.41) is 0. The summed E-state index contributed by atoms with van der Waals surface area (Å²) in [6, 6.07) is 7.15. The maximum atomic E-state index is 12.2. The number of hydrogen-bond donors (Lipinski definition) is 3. The van der Waals surface area contributed by atoms with Crippen molar-refractivity contribution >= 4 is 22.5 Å². The van der Waals surface area contributed by atoms with E-state index in [0.29, 0.717) is 25.2 Å². The second kappa shape index (κ2) is 9.52. The van der Waals surface area contributed by atoms with Crippen LogP contribution in [-0.2, 0) is 33.4 Å². The number of anilines is 1. The Morgan fingerprint density at radius 3 is 2.52 bits per heavy atom. The lowest BCUT2D eigenvalue weighted by Crippen LogP contribution is -2.36. The molecule has 148 valence electrons. The summed E-state index contributed by atoms with van der Waals surface area (Å²) >= 11 is 0. The number of nitrogens with one attached hydrogen (secondary N) is 2. The zero-order valence-electron chi connectivity index (χ0n) is 15.8. The van der Waals surface area contributed by atoms with Crippen LogP contribution in [0, 0.1) is 0 Å². The molecule has 0 saturated carbocycles. The standard InChI is InChI=1S/C18H26N4O4S/c1-18(2,3)26-17(23)13-22(12-16-19-9-10-20-16)11-8-14-4-6-15(7-5-14)21-27(24)25/h4-7,9-10,27H,8,11-13H2,1-3H3,(H,19,20)(H,21,24,25). The monoisotopic (exact) mass is 394 g/mol. The van der Waals surface area contributed by atoms with E-state index in [1.807, 2.05) is 37.8 Å². The number of esters is 1. The second-order valence-corrected chi connectivity index (χ2v) is 7.89. The number of carbonyl (C=O) groups is 1. The van der Waals surface area contributed by atoms with Crippen molar-refractivity contribution in [1.29, 1.82) is 0 Å². The molecule has 0 unspecified atom stereocenters. The van der Waals surface area contributed by atoms with E-state index in [1.165, 1.54) is 0 Å². The van der Waals surface area contributed by atoms with E-state index in [2.05, 4.69) is 14.7 Å². The van der Waals surface area contributed by atoms with Crippen molar-refractivity contribution in [2.75, 3.05) is 17.8 Å². The van der Waals surface area contributed by atoms with Crippen LogP contribution in [0.2, 0.25) is 0 Å². The number of rotatable bonds is 9. The summed E-state index contributed by atoms with van der Waals surface area (Å²) in [6.45, 7) is 6.81. The molecule has 27 heavy (non-hydrogen) atoms. The minimum atomic E-state index is -2.67. The molecule has 1 aromatic heterocycles. The number of thiol groups is 1. The zero-order chi connectivity index (χ0) is 19.9. The smallest absolute Gasteiger partial charge is 0.320 e. The number of imidazole rings is 1. The molecule has 0 saturated heterocycles. The fourth-order valence-corrected chi connectivity index (χ4v) is 2.87. The van der Waals surface area contributed by atoms with Gasteiger partial charge in [-0.3, -0.25) is 14.4 Å². The van der Waals surface area contributed by atoms with Crippen molar-refractivity contribution < 1.29 is 17.9 Å². The predicted molar refractivity (Wildman–Crippen MR) is 104 cm³/mol. The lowest BCUT2D eigenvalue weighted by atomic mass is 10.1. The normalized spacial score (nSPS) is 11.7. The molecule has 0 aliphatic heterocycles. The number of aromatic amines is 1. The molecule has 1 aromatic carbocycles. The Morgan fingerprint density at radius 1 is 1.26 bits per heavy atom. The number of aromatic nitrogens is 2. The molecular weight excluding hydrogens is 368 g/mol. The topological polar surface area (TPSA) is 104 Å². The van der Waals surface area contributed by atoms with Crippen LogP contribution in [0.5, 0.6) is 0 Å². The third-order valence-corrected chi connectivity index (χ3v) is 4.03. The Kier molecular flexibility index (Phi) is 7.37. The fourth-order valence-electron chi connectivity index (χ4n) is 2.51. The number of nitrogens with zero attached hydrogens (tertiary/aromatic N) is 2. The molecule has 0 aliphatic carbocycles. The first-order valence-corrected chi connectivity index (χ1v) is 9.81. The molecule has 0 aliphatic rings. The van der Waals surface area contributed by atoms with Gasteiger partial charge in [-0.15, -0.1) is 0 Å². The highest BCUT2D eigenvalue weighted by Crippen LogP contribution is 2.12. The third-order valence-electron chi connectivity index (χ3n) is 3.59. The summed E-state index contributed by atoms with van der Waals surface area (Å²) in [4.78, 5) is 21.4. The molecule has 0 atom stereocenters. The van der Waals surface area contributed by atoms with Gasteiger partial charge in [0.1, 0.15) is 11.4 Å². The predicted octanol–water partition coefficient (Wildman–Crippen LogP) is 1.73. The summed E-state index contributed by atoms with van der Waals surface area (Å²) in [5.74, 6) is 0.491. The van der Waals surface area contributed by atoms with E-state index in [-0.39, 0.29) is 12.5 Å². The van der Waals surface area contributed by atoms with Gasteiger partial charge in [0, 0.05) is 24.6 Å². The van der Waals surface area contributed by atoms with E-state index in [0.717, 1.165) is 11.4 Å². The Bertz CT molecular complexity index is 788. The first kappa shape index (κ1) is 20.9. The Labute approximate surface area is 161 Å². The fraction of sp³-hybridized carbons (Fsp3) is 0.444. The van der Waals surface area contributed by atoms with Gasteiger partial charge in [-0.1, -0.05) is 12.1 Å². The van der Waals surface area contributed by atoms with Crippen LogP contribution < -0.4 is 4.72 Å². The van der Waals surface area contributed by atoms with Crippen molar-refractivity contribution in [3.8, 4) is 0 Å². The summed E-state index contributed by atoms with van der Waals surface area (Å²) < 4.78 is 29.1. The largest absolute Gasteiger partial charge is 0.459 e. The number of ether oxygens (including phenoxy) is 1. The maximum Gasteiger partial charge on any atom is 0.320 e. The van der Waals surface area contributed by atoms with Crippen molar-refractivity contribution in [1.82, 2.24) is 14.9 Å². The summed E-state index contributed by atoms with van der Waals surface area (Å²) in [5.41, 5.74) is 1.03. The average molecular weight is 394 g/mol. The van der Waals surface area contributed by atoms with Gasteiger partial charge >= 0.3 is 5.97 Å². The lowest BCUT2D eigenvalue weighted by molar-refractivity contribution is -0.156. The molecule has 2 aromatic rings. The van der Waals surface area contributed by atoms with E-state index in [9.17, 15) is 13.2 Å². The molecule has 2 N–H and O–H groups in total. The number of hydrogen-bond acceptors (Lipinski definition) is 6. The first-order chi connectivity index (χ1) is 12.7. The third kappa shape index (κ3) is 8.23. The van der Waals surface area contributed by atoms with E-state index in [4.69, 9.17) is 4.74 Å². The van der Waals surface area contributed by atoms with Gasteiger partial charge in [-0.05, 0) is 44.9 Å². The Morgan fingerprint density at radius 2 is 1.96 bits per heavy atom. The minimum Gasteiger partial charge on any atom is -0.459 e. The van der Waals surface area contributed by atoms with Crippen LogP contribution in [0.15, 0.2) is 36.7 Å². The molecule has 1 heterocycles. The first-order valence-electron chi connectivity index (χ1n) is 8.64. The summed E-state index contributed by atoms with van der Waals surface area (Å²) in [6.07, 6.45) is 4.12. The second-order valence-electron chi connectivity index (χ2n) is 7.15. The van der Waals surface area contributed by atoms with Crippen molar-refractivity contribution in [3.05, 3.63) is 48.0 Å². The van der Waals surface area contributed by atoms with Crippen LogP contribution in [-0.4, -0.2) is 47.9 Å². The van der Waals surface area contributed by atoms with Crippen molar-refractivity contribution in [2.24, 2.45) is 0 Å². The maximum absolute atomic E-state index is 12.2. The molecule has 0 spiro atoms. The Balaban J connectivity index is 1.97. The molecular formula is C18H26N4O4S. The van der Waals surface area contributed by atoms with E-state index in [1.54, 1.807) is 24.5 Å². The highest BCUT2D eigenvalue weighted by molar-refractivity contribution is 7.73. The summed E-state index contributed by atoms with van der Waals surface area (Å²) in [7, 11) is -2.67. The van der Waals surface area contributed by atoms with E-state index >= 15 is 0 Å². The Hall–Kier alpha value is -2.39. The van der Waals surface area contributed by atoms with Crippen LogP contribution in [0.4, 0.5) is 5.69 Å². The number of H-pyrrole nitrogens is 1. The van der Waals surface area contributed by atoms with Gasteiger partial charge in [-0.2, -0.15) is 0 Å². The van der Waals surface area contributed by atoms with Gasteiger partial charge in [0.25, 0.3) is 0 Å². The number of benzene rings is 1. The van der Waals surface area contributed by atoms with Crippen LogP contribution in [0.1, 0.15) is 32.2 Å². The molecule has 9 heteroatoms. The molecule has 0 radical (unpaired) electrons. The lowest BCUT2D eigenvalue weighted by Gasteiger charge is -2.24. The zero-order valence-corrected chi connectivity index (χ0v) is 16.7. The van der Waals surface area contributed by atoms with E-state index < -0.39 is 16.5 Å². The van der Waals surface area contributed by atoms with Crippen LogP contribution >= 0.6 is 0 Å². The molecule has 8 nitrogen and oxygen atoms in total. The minimum absolute atomic E-state index is 0.161. The van der Waals surface area contributed by atoms with Gasteiger partial charge in [0.2, 0.25) is 10.9 Å². The molecule has 2 rings (SSSR count). The van der Waals surface area contributed by atoms with Gasteiger partial charge < -0.3 is 9.72 Å².